The van der Waals surface area contributed by atoms with Crippen LogP contribution in [0.15, 0.2) is 14.7 Å². The lowest BCUT2D eigenvalue weighted by atomic mass is 10.4. The van der Waals surface area contributed by atoms with Gasteiger partial charge < -0.3 is 5.32 Å². The molecule has 1 rings (SSSR count). The zero-order valence-electron chi connectivity index (χ0n) is 10.2. The quantitative estimate of drug-likeness (QED) is 0.808. The van der Waals surface area contributed by atoms with Gasteiger partial charge in [0, 0.05) is 25.5 Å². The third-order valence-corrected chi connectivity index (χ3v) is 6.26. The summed E-state index contributed by atoms with van der Waals surface area (Å²) in [5.41, 5.74) is 0. The first-order valence-electron chi connectivity index (χ1n) is 5.31. The van der Waals surface area contributed by atoms with Crippen LogP contribution in [0, 0.1) is 0 Å². The summed E-state index contributed by atoms with van der Waals surface area (Å²) < 4.78 is 25.8. The molecule has 1 N–H and O–H groups in total. The molecule has 0 aliphatic heterocycles. The van der Waals surface area contributed by atoms with Crippen molar-refractivity contribution in [2.75, 3.05) is 20.6 Å². The van der Waals surface area contributed by atoms with Crippen molar-refractivity contribution in [3.05, 3.63) is 14.7 Å². The van der Waals surface area contributed by atoms with Gasteiger partial charge in [0.2, 0.25) is 10.0 Å². The zero-order valence-corrected chi connectivity index (χ0v) is 13.4. The van der Waals surface area contributed by atoms with Crippen molar-refractivity contribution in [3.63, 3.8) is 0 Å². The molecular weight excluding hydrogens is 324 g/mol. The summed E-state index contributed by atoms with van der Waals surface area (Å²) in [5.74, 6) is 0. The lowest BCUT2D eigenvalue weighted by Crippen LogP contribution is -2.22. The minimum absolute atomic E-state index is 0.348. The standard InChI is InChI=1S/C10H17BrN2O2S2/c1-4-5-12-7-8-6-9(10(11)16-8)17(14,15)13(2)3/h6,12H,4-5,7H2,1-3H3. The van der Waals surface area contributed by atoms with Crippen LogP contribution >= 0.6 is 27.3 Å². The maximum Gasteiger partial charge on any atom is 0.244 e. The highest BCUT2D eigenvalue weighted by molar-refractivity contribution is 9.11. The Morgan fingerprint density at radius 3 is 2.65 bits per heavy atom. The largest absolute Gasteiger partial charge is 0.312 e. The van der Waals surface area contributed by atoms with Crippen LogP contribution in [0.5, 0.6) is 0 Å². The van der Waals surface area contributed by atoms with Gasteiger partial charge in [-0.15, -0.1) is 11.3 Å². The third kappa shape index (κ3) is 3.75. The van der Waals surface area contributed by atoms with Crippen LogP contribution < -0.4 is 5.32 Å². The first-order valence-corrected chi connectivity index (χ1v) is 8.36. The molecule has 1 aromatic heterocycles. The second kappa shape index (κ2) is 6.29. The maximum atomic E-state index is 12.0. The number of nitrogens with one attached hydrogen (secondary N) is 1. The van der Waals surface area contributed by atoms with E-state index in [2.05, 4.69) is 28.2 Å². The van der Waals surface area contributed by atoms with E-state index in [0.717, 1.165) is 17.8 Å². The Hall–Kier alpha value is 0.0500. The molecule has 0 bridgehead atoms. The second-order valence-corrected chi connectivity index (χ2v) is 8.39. The molecule has 7 heteroatoms. The molecular formula is C10H17BrN2O2S2. The molecule has 1 aromatic rings. The fourth-order valence-corrected chi connectivity index (χ4v) is 4.74. The minimum Gasteiger partial charge on any atom is -0.312 e. The van der Waals surface area contributed by atoms with E-state index in [1.54, 1.807) is 6.07 Å². The van der Waals surface area contributed by atoms with Crippen LogP contribution in [0.3, 0.4) is 0 Å². The Balaban J connectivity index is 2.89. The molecule has 98 valence electrons. The molecule has 0 aliphatic rings. The summed E-state index contributed by atoms with van der Waals surface area (Å²) in [6.45, 7) is 3.74. The van der Waals surface area contributed by atoms with Crippen molar-refractivity contribution < 1.29 is 8.42 Å². The average Bonchev–Trinajstić information content (AvgIpc) is 2.60. The van der Waals surface area contributed by atoms with E-state index in [-0.39, 0.29) is 0 Å². The van der Waals surface area contributed by atoms with E-state index >= 15 is 0 Å². The molecule has 4 nitrogen and oxygen atoms in total. The van der Waals surface area contributed by atoms with Gasteiger partial charge in [-0.3, -0.25) is 0 Å². The molecule has 1 heterocycles. The van der Waals surface area contributed by atoms with Crippen molar-refractivity contribution in [3.8, 4) is 0 Å². The molecule has 0 saturated carbocycles. The van der Waals surface area contributed by atoms with Crippen LogP contribution in [0.25, 0.3) is 0 Å². The fourth-order valence-electron chi connectivity index (χ4n) is 1.25. The third-order valence-electron chi connectivity index (χ3n) is 2.19. The molecule has 0 spiro atoms. The van der Waals surface area contributed by atoms with Crippen LogP contribution in [-0.2, 0) is 16.6 Å². The van der Waals surface area contributed by atoms with Gasteiger partial charge >= 0.3 is 0 Å². The van der Waals surface area contributed by atoms with Gasteiger partial charge in [-0.1, -0.05) is 6.92 Å². The van der Waals surface area contributed by atoms with Gasteiger partial charge in [0.25, 0.3) is 0 Å². The Bertz CT molecular complexity index is 469. The summed E-state index contributed by atoms with van der Waals surface area (Å²) in [5, 5.41) is 3.25. The highest BCUT2D eigenvalue weighted by Crippen LogP contribution is 2.32. The highest BCUT2D eigenvalue weighted by atomic mass is 79.9. The Labute approximate surface area is 115 Å². The molecule has 0 fully saturated rings. The topological polar surface area (TPSA) is 49.4 Å². The summed E-state index contributed by atoms with van der Waals surface area (Å²) >= 11 is 4.77. The van der Waals surface area contributed by atoms with E-state index in [1.165, 1.54) is 29.7 Å². The lowest BCUT2D eigenvalue weighted by Gasteiger charge is -2.09. The number of sulfonamides is 1. The van der Waals surface area contributed by atoms with Crippen molar-refractivity contribution in [2.45, 2.75) is 24.8 Å². The molecule has 0 aromatic carbocycles. The van der Waals surface area contributed by atoms with Crippen molar-refractivity contribution in [2.24, 2.45) is 0 Å². The molecule has 0 amide bonds. The molecule has 0 aliphatic carbocycles. The molecule has 0 saturated heterocycles. The van der Waals surface area contributed by atoms with Gasteiger partial charge in [-0.25, -0.2) is 12.7 Å². The smallest absolute Gasteiger partial charge is 0.244 e. The predicted molar refractivity (Wildman–Crippen MR) is 74.9 cm³/mol. The van der Waals surface area contributed by atoms with Crippen LogP contribution in [-0.4, -0.2) is 33.4 Å². The Morgan fingerprint density at radius 2 is 2.12 bits per heavy atom. The Morgan fingerprint density at radius 1 is 1.47 bits per heavy atom. The van der Waals surface area contributed by atoms with Crippen LogP contribution in [0.4, 0.5) is 0 Å². The first-order chi connectivity index (χ1) is 7.89. The molecule has 0 radical (unpaired) electrons. The van der Waals surface area contributed by atoms with E-state index in [9.17, 15) is 8.42 Å². The zero-order chi connectivity index (χ0) is 13.1. The normalized spacial score (nSPS) is 12.3. The lowest BCUT2D eigenvalue weighted by molar-refractivity contribution is 0.520. The van der Waals surface area contributed by atoms with Crippen LogP contribution in [0.1, 0.15) is 18.2 Å². The van der Waals surface area contributed by atoms with E-state index < -0.39 is 10.0 Å². The summed E-state index contributed by atoms with van der Waals surface area (Å²) in [4.78, 5) is 1.37. The summed E-state index contributed by atoms with van der Waals surface area (Å²) in [6.07, 6.45) is 1.06. The van der Waals surface area contributed by atoms with Gasteiger partial charge in [0.1, 0.15) is 4.90 Å². The summed E-state index contributed by atoms with van der Waals surface area (Å²) in [7, 11) is -0.276. The van der Waals surface area contributed by atoms with Gasteiger partial charge in [-0.2, -0.15) is 0 Å². The number of nitrogens with zero attached hydrogens (tertiary/aromatic N) is 1. The van der Waals surface area contributed by atoms with Gasteiger partial charge in [0.15, 0.2) is 0 Å². The number of rotatable bonds is 6. The molecule has 17 heavy (non-hydrogen) atoms. The fraction of sp³-hybridized carbons (Fsp3) is 0.600. The second-order valence-electron chi connectivity index (χ2n) is 3.81. The van der Waals surface area contributed by atoms with Crippen molar-refractivity contribution >= 4 is 37.3 Å². The SMILES string of the molecule is CCCNCc1cc(S(=O)(=O)N(C)C)c(Br)s1. The number of hydrogen-bond acceptors (Lipinski definition) is 4. The predicted octanol–water partition coefficient (Wildman–Crippen LogP) is 2.26. The average molecular weight is 341 g/mol. The van der Waals surface area contributed by atoms with Gasteiger partial charge in [-0.05, 0) is 35.0 Å². The number of thiophene rings is 1. The van der Waals surface area contributed by atoms with E-state index in [0.29, 0.717) is 15.2 Å². The van der Waals surface area contributed by atoms with Crippen molar-refractivity contribution in [1.29, 1.82) is 0 Å². The van der Waals surface area contributed by atoms with E-state index in [1.807, 2.05) is 0 Å². The number of halogens is 1. The van der Waals surface area contributed by atoms with E-state index in [4.69, 9.17) is 0 Å². The highest BCUT2D eigenvalue weighted by Gasteiger charge is 2.22. The molecule has 0 unspecified atom stereocenters. The van der Waals surface area contributed by atoms with Crippen molar-refractivity contribution in [1.82, 2.24) is 9.62 Å². The summed E-state index contributed by atoms with van der Waals surface area (Å²) in [6, 6.07) is 1.73. The molecule has 0 atom stereocenters. The number of hydrogen-bond donors (Lipinski definition) is 1. The van der Waals surface area contributed by atoms with Gasteiger partial charge in [0.05, 0.1) is 3.79 Å². The van der Waals surface area contributed by atoms with Crippen LogP contribution in [0.2, 0.25) is 0 Å². The first kappa shape index (κ1) is 15.1. The minimum atomic E-state index is -3.35. The Kier molecular flexibility index (Phi) is 5.59. The monoisotopic (exact) mass is 340 g/mol. The maximum absolute atomic E-state index is 12.0.